The van der Waals surface area contributed by atoms with Gasteiger partial charge in [0, 0.05) is 6.61 Å². The SMILES string of the molecule is O=C(c1ccc(Br)o1)C1CCCCO1. The highest BCUT2D eigenvalue weighted by molar-refractivity contribution is 9.10. The van der Waals surface area contributed by atoms with Crippen LogP contribution in [0.4, 0.5) is 0 Å². The van der Waals surface area contributed by atoms with Crippen molar-refractivity contribution in [2.24, 2.45) is 0 Å². The van der Waals surface area contributed by atoms with E-state index >= 15 is 0 Å². The molecule has 0 aromatic carbocycles. The number of carbonyl (C=O) groups is 1. The minimum Gasteiger partial charge on any atom is -0.446 e. The first-order valence-corrected chi connectivity index (χ1v) is 5.48. The molecule has 0 saturated carbocycles. The highest BCUT2D eigenvalue weighted by atomic mass is 79.9. The Morgan fingerprint density at radius 3 is 2.86 bits per heavy atom. The van der Waals surface area contributed by atoms with Gasteiger partial charge in [0.15, 0.2) is 10.4 Å². The van der Waals surface area contributed by atoms with E-state index in [0.29, 0.717) is 17.0 Å². The maximum atomic E-state index is 11.8. The fourth-order valence-corrected chi connectivity index (χ4v) is 1.86. The van der Waals surface area contributed by atoms with Crippen LogP contribution in [0.25, 0.3) is 0 Å². The van der Waals surface area contributed by atoms with Crippen molar-refractivity contribution >= 4 is 21.7 Å². The molecular formula is C10H11BrO3. The van der Waals surface area contributed by atoms with E-state index in [0.717, 1.165) is 19.3 Å². The first-order chi connectivity index (χ1) is 6.77. The van der Waals surface area contributed by atoms with Crippen molar-refractivity contribution in [1.29, 1.82) is 0 Å². The van der Waals surface area contributed by atoms with Crippen LogP contribution < -0.4 is 0 Å². The minimum absolute atomic E-state index is 0.0459. The Morgan fingerprint density at radius 1 is 1.43 bits per heavy atom. The van der Waals surface area contributed by atoms with Gasteiger partial charge in [-0.25, -0.2) is 0 Å². The fraction of sp³-hybridized carbons (Fsp3) is 0.500. The third-order valence-electron chi connectivity index (χ3n) is 2.29. The van der Waals surface area contributed by atoms with Gasteiger partial charge in [-0.05, 0) is 47.3 Å². The molecule has 1 unspecified atom stereocenters. The summed E-state index contributed by atoms with van der Waals surface area (Å²) in [5.74, 6) is 0.333. The molecule has 0 amide bonds. The van der Waals surface area contributed by atoms with E-state index < -0.39 is 0 Å². The zero-order valence-corrected chi connectivity index (χ0v) is 9.25. The number of halogens is 1. The van der Waals surface area contributed by atoms with E-state index in [-0.39, 0.29) is 11.9 Å². The number of hydrogen-bond donors (Lipinski definition) is 0. The van der Waals surface area contributed by atoms with Gasteiger partial charge in [0.25, 0.3) is 0 Å². The molecule has 4 heteroatoms. The standard InChI is InChI=1S/C10H11BrO3/c11-9-5-4-8(14-9)10(12)7-3-1-2-6-13-7/h4-5,7H,1-3,6H2. The van der Waals surface area contributed by atoms with Gasteiger partial charge < -0.3 is 9.15 Å². The van der Waals surface area contributed by atoms with Crippen molar-refractivity contribution in [3.8, 4) is 0 Å². The highest BCUT2D eigenvalue weighted by Gasteiger charge is 2.25. The summed E-state index contributed by atoms with van der Waals surface area (Å²) in [5, 5.41) is 0. The summed E-state index contributed by atoms with van der Waals surface area (Å²) >= 11 is 3.16. The highest BCUT2D eigenvalue weighted by Crippen LogP contribution is 2.20. The molecule has 76 valence electrons. The van der Waals surface area contributed by atoms with E-state index in [9.17, 15) is 4.79 Å². The Bertz CT molecular complexity index is 326. The Kier molecular flexibility index (Phi) is 3.03. The Hall–Kier alpha value is -0.610. The molecule has 1 aliphatic rings. The van der Waals surface area contributed by atoms with Crippen LogP contribution in [-0.2, 0) is 4.74 Å². The molecule has 14 heavy (non-hydrogen) atoms. The molecule has 1 aromatic rings. The molecular weight excluding hydrogens is 248 g/mol. The molecule has 1 fully saturated rings. The Morgan fingerprint density at radius 2 is 2.29 bits per heavy atom. The van der Waals surface area contributed by atoms with E-state index in [4.69, 9.17) is 9.15 Å². The van der Waals surface area contributed by atoms with E-state index in [1.807, 2.05) is 0 Å². The van der Waals surface area contributed by atoms with Gasteiger partial charge in [-0.2, -0.15) is 0 Å². The van der Waals surface area contributed by atoms with Gasteiger partial charge in [0.05, 0.1) is 0 Å². The normalized spacial score (nSPS) is 22.2. The van der Waals surface area contributed by atoms with Crippen LogP contribution in [0.15, 0.2) is 21.2 Å². The van der Waals surface area contributed by atoms with Gasteiger partial charge in [-0.15, -0.1) is 0 Å². The second kappa shape index (κ2) is 4.28. The number of carbonyl (C=O) groups excluding carboxylic acids is 1. The molecule has 0 bridgehead atoms. The lowest BCUT2D eigenvalue weighted by atomic mass is 10.0. The molecule has 3 nitrogen and oxygen atoms in total. The summed E-state index contributed by atoms with van der Waals surface area (Å²) in [4.78, 5) is 11.8. The second-order valence-corrected chi connectivity index (χ2v) is 4.10. The van der Waals surface area contributed by atoms with Crippen LogP contribution in [-0.4, -0.2) is 18.5 Å². The van der Waals surface area contributed by atoms with Crippen LogP contribution in [0.1, 0.15) is 29.8 Å². The monoisotopic (exact) mass is 258 g/mol. The number of ketones is 1. The maximum Gasteiger partial charge on any atom is 0.226 e. The molecule has 1 saturated heterocycles. The average Bonchev–Trinajstić information content (AvgIpc) is 2.65. The van der Waals surface area contributed by atoms with Gasteiger partial charge in [0.2, 0.25) is 5.78 Å². The summed E-state index contributed by atoms with van der Waals surface area (Å²) in [6.07, 6.45) is 2.60. The first kappa shape index (κ1) is 9.93. The molecule has 1 aliphatic heterocycles. The van der Waals surface area contributed by atoms with Crippen LogP contribution in [0.5, 0.6) is 0 Å². The lowest BCUT2D eigenvalue weighted by Crippen LogP contribution is -2.27. The predicted molar refractivity (Wildman–Crippen MR) is 54.3 cm³/mol. The van der Waals surface area contributed by atoms with Crippen molar-refractivity contribution < 1.29 is 13.9 Å². The maximum absolute atomic E-state index is 11.8. The third kappa shape index (κ3) is 2.07. The number of ether oxygens (including phenoxy) is 1. The van der Waals surface area contributed by atoms with Crippen molar-refractivity contribution in [2.45, 2.75) is 25.4 Å². The molecule has 1 aromatic heterocycles. The number of rotatable bonds is 2. The zero-order valence-electron chi connectivity index (χ0n) is 7.66. The lowest BCUT2D eigenvalue weighted by molar-refractivity contribution is 0.0167. The van der Waals surface area contributed by atoms with Crippen molar-refractivity contribution in [3.63, 3.8) is 0 Å². The lowest BCUT2D eigenvalue weighted by Gasteiger charge is -2.20. The summed E-state index contributed by atoms with van der Waals surface area (Å²) in [7, 11) is 0. The van der Waals surface area contributed by atoms with E-state index in [1.165, 1.54) is 0 Å². The first-order valence-electron chi connectivity index (χ1n) is 4.68. The molecule has 0 radical (unpaired) electrons. The minimum atomic E-state index is -0.304. The molecule has 0 aliphatic carbocycles. The molecule has 1 atom stereocenters. The second-order valence-electron chi connectivity index (χ2n) is 3.32. The van der Waals surface area contributed by atoms with E-state index in [1.54, 1.807) is 12.1 Å². The summed E-state index contributed by atoms with van der Waals surface area (Å²) in [6, 6.07) is 3.39. The van der Waals surface area contributed by atoms with Gasteiger partial charge in [-0.3, -0.25) is 4.79 Å². The van der Waals surface area contributed by atoms with Gasteiger partial charge in [0.1, 0.15) is 6.10 Å². The van der Waals surface area contributed by atoms with Crippen LogP contribution >= 0.6 is 15.9 Å². The smallest absolute Gasteiger partial charge is 0.226 e. The molecule has 2 rings (SSSR count). The van der Waals surface area contributed by atoms with Crippen LogP contribution in [0, 0.1) is 0 Å². The summed E-state index contributed by atoms with van der Waals surface area (Å²) in [6.45, 7) is 0.679. The van der Waals surface area contributed by atoms with Crippen molar-refractivity contribution in [3.05, 3.63) is 22.6 Å². The van der Waals surface area contributed by atoms with Crippen molar-refractivity contribution in [1.82, 2.24) is 0 Å². The van der Waals surface area contributed by atoms with Crippen LogP contribution in [0.2, 0.25) is 0 Å². The predicted octanol–water partition coefficient (Wildman–Crippen LogP) is 2.79. The van der Waals surface area contributed by atoms with E-state index in [2.05, 4.69) is 15.9 Å². The fourth-order valence-electron chi connectivity index (χ4n) is 1.55. The molecule has 0 N–H and O–H groups in total. The number of Topliss-reactive ketones (excluding diaryl/α,β-unsaturated/α-hetero) is 1. The van der Waals surface area contributed by atoms with Crippen molar-refractivity contribution in [2.75, 3.05) is 6.61 Å². The zero-order chi connectivity index (χ0) is 9.97. The Labute approximate surface area is 90.6 Å². The molecule has 0 spiro atoms. The number of hydrogen-bond acceptors (Lipinski definition) is 3. The summed E-state index contributed by atoms with van der Waals surface area (Å²) in [5.41, 5.74) is 0. The third-order valence-corrected chi connectivity index (χ3v) is 2.71. The average molecular weight is 259 g/mol. The molecule has 2 heterocycles. The summed E-state index contributed by atoms with van der Waals surface area (Å²) < 4.78 is 11.1. The quantitative estimate of drug-likeness (QED) is 0.766. The van der Waals surface area contributed by atoms with Crippen LogP contribution in [0.3, 0.4) is 0 Å². The van der Waals surface area contributed by atoms with Gasteiger partial charge in [-0.1, -0.05) is 0 Å². The topological polar surface area (TPSA) is 39.4 Å². The number of furan rings is 1. The Balaban J connectivity index is 2.07. The van der Waals surface area contributed by atoms with Gasteiger partial charge >= 0.3 is 0 Å². The largest absolute Gasteiger partial charge is 0.446 e.